The number of ether oxygens (including phenoxy) is 2. The first kappa shape index (κ1) is 12.9. The molecule has 1 heterocycles. The highest BCUT2D eigenvalue weighted by molar-refractivity contribution is 7.91. The Morgan fingerprint density at radius 1 is 1.00 bits per heavy atom. The zero-order valence-electron chi connectivity index (χ0n) is 9.44. The molecule has 1 rings (SSSR count). The van der Waals surface area contributed by atoms with Gasteiger partial charge in [-0.25, -0.2) is 8.42 Å². The average molecular weight is 236 g/mol. The molecular weight excluding hydrogens is 216 g/mol. The van der Waals surface area contributed by atoms with E-state index in [-0.39, 0.29) is 23.7 Å². The maximum absolute atomic E-state index is 11.4. The molecule has 0 saturated carbocycles. The fraction of sp³-hybridized carbons (Fsp3) is 1.00. The Kier molecular flexibility index (Phi) is 5.02. The van der Waals surface area contributed by atoms with Crippen LogP contribution >= 0.6 is 0 Å². The molecule has 5 heteroatoms. The summed E-state index contributed by atoms with van der Waals surface area (Å²) in [4.78, 5) is 0. The summed E-state index contributed by atoms with van der Waals surface area (Å²) in [6, 6.07) is 0. The highest BCUT2D eigenvalue weighted by Gasteiger charge is 2.38. The predicted molar refractivity (Wildman–Crippen MR) is 58.7 cm³/mol. The summed E-state index contributed by atoms with van der Waals surface area (Å²) in [6.07, 6.45) is 1.27. The highest BCUT2D eigenvalue weighted by atomic mass is 32.2. The van der Waals surface area contributed by atoms with Crippen molar-refractivity contribution in [1.82, 2.24) is 0 Å². The van der Waals surface area contributed by atoms with Gasteiger partial charge in [0.15, 0.2) is 9.84 Å². The van der Waals surface area contributed by atoms with Crippen LogP contribution in [0.1, 0.15) is 26.7 Å². The predicted octanol–water partition coefficient (Wildman–Crippen LogP) is 1.01. The van der Waals surface area contributed by atoms with Crippen molar-refractivity contribution in [3.8, 4) is 0 Å². The molecule has 0 bridgehead atoms. The maximum Gasteiger partial charge on any atom is 0.155 e. The molecule has 0 aromatic carbocycles. The lowest BCUT2D eigenvalue weighted by Gasteiger charge is -2.18. The van der Waals surface area contributed by atoms with Gasteiger partial charge in [-0.05, 0) is 12.8 Å². The van der Waals surface area contributed by atoms with Crippen molar-refractivity contribution in [2.45, 2.75) is 38.9 Å². The average Bonchev–Trinajstić information content (AvgIpc) is 2.47. The number of sulfone groups is 1. The first-order chi connectivity index (χ1) is 7.09. The summed E-state index contributed by atoms with van der Waals surface area (Å²) in [5.41, 5.74) is 0. The standard InChI is InChI=1S/C10H20O4S/c1-3-5-13-9-7-15(11,12)8-10(9)14-6-4-2/h9-10H,3-8H2,1-2H3. The third-order valence-electron chi connectivity index (χ3n) is 2.32. The van der Waals surface area contributed by atoms with Crippen LogP contribution in [0.2, 0.25) is 0 Å². The second kappa shape index (κ2) is 5.82. The van der Waals surface area contributed by atoms with Gasteiger partial charge in [-0.3, -0.25) is 0 Å². The zero-order valence-corrected chi connectivity index (χ0v) is 10.3. The highest BCUT2D eigenvalue weighted by Crippen LogP contribution is 2.19. The van der Waals surface area contributed by atoms with Crippen molar-refractivity contribution in [3.63, 3.8) is 0 Å². The van der Waals surface area contributed by atoms with Crippen molar-refractivity contribution < 1.29 is 17.9 Å². The molecule has 0 spiro atoms. The van der Waals surface area contributed by atoms with Crippen molar-refractivity contribution in [2.75, 3.05) is 24.7 Å². The van der Waals surface area contributed by atoms with Crippen LogP contribution in [0, 0.1) is 0 Å². The van der Waals surface area contributed by atoms with Crippen LogP contribution in [0.15, 0.2) is 0 Å². The molecule has 0 amide bonds. The topological polar surface area (TPSA) is 52.6 Å². The normalized spacial score (nSPS) is 29.5. The molecule has 0 aromatic rings. The maximum atomic E-state index is 11.4. The fourth-order valence-corrected chi connectivity index (χ4v) is 3.39. The lowest BCUT2D eigenvalue weighted by molar-refractivity contribution is -0.0460. The molecule has 0 aromatic heterocycles. The van der Waals surface area contributed by atoms with E-state index in [4.69, 9.17) is 9.47 Å². The molecule has 2 atom stereocenters. The monoisotopic (exact) mass is 236 g/mol. The fourth-order valence-electron chi connectivity index (χ4n) is 1.63. The van der Waals surface area contributed by atoms with E-state index < -0.39 is 9.84 Å². The van der Waals surface area contributed by atoms with Crippen LogP contribution in [-0.4, -0.2) is 45.3 Å². The number of hydrogen-bond acceptors (Lipinski definition) is 4. The molecule has 0 aliphatic carbocycles. The molecule has 90 valence electrons. The van der Waals surface area contributed by atoms with Crippen LogP contribution in [0.5, 0.6) is 0 Å². The van der Waals surface area contributed by atoms with E-state index in [1.807, 2.05) is 13.8 Å². The molecular formula is C10H20O4S. The zero-order chi connectivity index (χ0) is 11.3. The van der Waals surface area contributed by atoms with Crippen LogP contribution in [0.4, 0.5) is 0 Å². The van der Waals surface area contributed by atoms with E-state index in [9.17, 15) is 8.42 Å². The lowest BCUT2D eigenvalue weighted by atomic mass is 10.2. The quantitative estimate of drug-likeness (QED) is 0.690. The number of rotatable bonds is 6. The van der Waals surface area contributed by atoms with Crippen molar-refractivity contribution >= 4 is 9.84 Å². The van der Waals surface area contributed by atoms with Gasteiger partial charge >= 0.3 is 0 Å². The minimum atomic E-state index is -2.96. The lowest BCUT2D eigenvalue weighted by Crippen LogP contribution is -2.30. The SMILES string of the molecule is CCCOC1CS(=O)(=O)CC1OCCC. The molecule has 1 fully saturated rings. The summed E-state index contributed by atoms with van der Waals surface area (Å²) >= 11 is 0. The van der Waals surface area contributed by atoms with E-state index in [0.29, 0.717) is 13.2 Å². The Labute approximate surface area is 91.9 Å². The molecule has 15 heavy (non-hydrogen) atoms. The van der Waals surface area contributed by atoms with Crippen molar-refractivity contribution in [2.24, 2.45) is 0 Å². The van der Waals surface area contributed by atoms with Gasteiger partial charge in [-0.15, -0.1) is 0 Å². The van der Waals surface area contributed by atoms with Gasteiger partial charge in [0.05, 0.1) is 23.7 Å². The third kappa shape index (κ3) is 4.09. The van der Waals surface area contributed by atoms with Crippen LogP contribution in [0.3, 0.4) is 0 Å². The van der Waals surface area contributed by atoms with Crippen molar-refractivity contribution in [1.29, 1.82) is 0 Å². The third-order valence-corrected chi connectivity index (χ3v) is 4.00. The van der Waals surface area contributed by atoms with Gasteiger partial charge in [0.25, 0.3) is 0 Å². The smallest absolute Gasteiger partial charge is 0.155 e. The minimum Gasteiger partial charge on any atom is -0.374 e. The van der Waals surface area contributed by atoms with E-state index in [0.717, 1.165) is 12.8 Å². The Hall–Kier alpha value is -0.130. The molecule has 1 saturated heterocycles. The Morgan fingerprint density at radius 3 is 1.73 bits per heavy atom. The molecule has 1 aliphatic rings. The molecule has 4 nitrogen and oxygen atoms in total. The molecule has 2 unspecified atom stereocenters. The summed E-state index contributed by atoms with van der Waals surface area (Å²) in [6.45, 7) is 5.22. The van der Waals surface area contributed by atoms with Crippen LogP contribution in [0.25, 0.3) is 0 Å². The number of hydrogen-bond donors (Lipinski definition) is 0. The van der Waals surface area contributed by atoms with E-state index in [1.54, 1.807) is 0 Å². The van der Waals surface area contributed by atoms with Gasteiger partial charge in [0.2, 0.25) is 0 Å². The van der Waals surface area contributed by atoms with E-state index >= 15 is 0 Å². The largest absolute Gasteiger partial charge is 0.374 e. The van der Waals surface area contributed by atoms with Gasteiger partial charge in [-0.1, -0.05) is 13.8 Å². The summed E-state index contributed by atoms with van der Waals surface area (Å²) < 4.78 is 33.8. The Balaban J connectivity index is 2.49. The molecule has 0 radical (unpaired) electrons. The first-order valence-electron chi connectivity index (χ1n) is 5.52. The van der Waals surface area contributed by atoms with Crippen molar-refractivity contribution in [3.05, 3.63) is 0 Å². The van der Waals surface area contributed by atoms with Gasteiger partial charge in [0, 0.05) is 13.2 Å². The second-order valence-electron chi connectivity index (χ2n) is 3.90. The summed E-state index contributed by atoms with van der Waals surface area (Å²) in [7, 11) is -2.96. The molecule has 0 N–H and O–H groups in total. The van der Waals surface area contributed by atoms with E-state index in [1.165, 1.54) is 0 Å². The first-order valence-corrected chi connectivity index (χ1v) is 7.34. The minimum absolute atomic E-state index is 0.112. The summed E-state index contributed by atoms with van der Waals surface area (Å²) in [5.74, 6) is 0.225. The van der Waals surface area contributed by atoms with E-state index in [2.05, 4.69) is 0 Å². The summed E-state index contributed by atoms with van der Waals surface area (Å²) in [5, 5.41) is 0. The van der Waals surface area contributed by atoms with Crippen LogP contribution in [-0.2, 0) is 19.3 Å². The molecule has 1 aliphatic heterocycles. The van der Waals surface area contributed by atoms with Gasteiger partial charge < -0.3 is 9.47 Å². The van der Waals surface area contributed by atoms with Crippen LogP contribution < -0.4 is 0 Å². The van der Waals surface area contributed by atoms with Gasteiger partial charge in [0.1, 0.15) is 0 Å². The Morgan fingerprint density at radius 2 is 1.40 bits per heavy atom. The van der Waals surface area contributed by atoms with Gasteiger partial charge in [-0.2, -0.15) is 0 Å². The Bertz CT molecular complexity index is 251. The second-order valence-corrected chi connectivity index (χ2v) is 6.05.